The standard InChI is InChI=1S/C25H33N9O3/c26-21(27)20-22(28-18-8-6-17(7-9-18)24(36)33-11-13-37-14-12-33)30-25(32-31-20)34-10-2-5-19(15-34)29-23(35)16-3-1-4-16/h6-9,16,19H,1-5,10-15H2,(H3,26,27)(H,29,35)(H,28,30,32)/t19-/m1/s1. The maximum absolute atomic E-state index is 12.7. The first-order valence-corrected chi connectivity index (χ1v) is 12.9. The van der Waals surface area contributed by atoms with Crippen LogP contribution in [0.1, 0.15) is 48.2 Å². The summed E-state index contributed by atoms with van der Waals surface area (Å²) in [6.45, 7) is 3.60. The Labute approximate surface area is 215 Å². The molecule has 1 saturated carbocycles. The fourth-order valence-electron chi connectivity index (χ4n) is 4.77. The zero-order valence-electron chi connectivity index (χ0n) is 20.8. The van der Waals surface area contributed by atoms with Gasteiger partial charge in [-0.05, 0) is 49.9 Å². The molecule has 5 N–H and O–H groups in total. The summed E-state index contributed by atoms with van der Waals surface area (Å²) in [7, 11) is 0. The number of aromatic nitrogens is 3. The molecule has 0 radical (unpaired) electrons. The van der Waals surface area contributed by atoms with Crippen LogP contribution >= 0.6 is 0 Å². The van der Waals surface area contributed by atoms with Crippen LogP contribution in [0.2, 0.25) is 0 Å². The summed E-state index contributed by atoms with van der Waals surface area (Å²) < 4.78 is 5.32. The number of rotatable bonds is 7. The van der Waals surface area contributed by atoms with Gasteiger partial charge in [0.25, 0.3) is 5.91 Å². The lowest BCUT2D eigenvalue weighted by molar-refractivity contribution is -0.128. The van der Waals surface area contributed by atoms with Crippen LogP contribution in [-0.2, 0) is 9.53 Å². The van der Waals surface area contributed by atoms with Crippen LogP contribution in [0.5, 0.6) is 0 Å². The molecule has 5 rings (SSSR count). The molecule has 196 valence electrons. The molecule has 2 saturated heterocycles. The van der Waals surface area contributed by atoms with Gasteiger partial charge < -0.3 is 30.9 Å². The Morgan fingerprint density at radius 1 is 1.03 bits per heavy atom. The molecule has 2 aromatic rings. The number of nitrogens with two attached hydrogens (primary N) is 1. The number of amides is 2. The van der Waals surface area contributed by atoms with E-state index in [1.807, 2.05) is 4.90 Å². The smallest absolute Gasteiger partial charge is 0.254 e. The first-order valence-electron chi connectivity index (χ1n) is 12.9. The number of hydrogen-bond donors (Lipinski definition) is 4. The highest BCUT2D eigenvalue weighted by Crippen LogP contribution is 2.27. The Balaban J connectivity index is 1.28. The Morgan fingerprint density at radius 3 is 2.46 bits per heavy atom. The molecule has 12 nitrogen and oxygen atoms in total. The molecule has 1 aliphatic carbocycles. The summed E-state index contributed by atoms with van der Waals surface area (Å²) in [5, 5.41) is 22.7. The second-order valence-corrected chi connectivity index (χ2v) is 9.75. The Bertz CT molecular complexity index is 1150. The van der Waals surface area contributed by atoms with Gasteiger partial charge in [0.2, 0.25) is 11.9 Å². The molecule has 2 amide bonds. The molecule has 1 aromatic carbocycles. The Morgan fingerprint density at radius 2 is 1.78 bits per heavy atom. The van der Waals surface area contributed by atoms with Crippen LogP contribution in [0.25, 0.3) is 0 Å². The van der Waals surface area contributed by atoms with E-state index in [2.05, 4.69) is 25.8 Å². The number of amidine groups is 1. The van der Waals surface area contributed by atoms with E-state index in [-0.39, 0.29) is 35.3 Å². The molecule has 0 unspecified atom stereocenters. The van der Waals surface area contributed by atoms with Crippen molar-refractivity contribution < 1.29 is 14.3 Å². The maximum atomic E-state index is 12.7. The van der Waals surface area contributed by atoms with Gasteiger partial charge in [-0.3, -0.25) is 15.0 Å². The highest BCUT2D eigenvalue weighted by atomic mass is 16.5. The minimum atomic E-state index is -0.252. The van der Waals surface area contributed by atoms with Crippen molar-refractivity contribution >= 4 is 35.1 Å². The predicted molar refractivity (Wildman–Crippen MR) is 138 cm³/mol. The number of ether oxygens (including phenoxy) is 1. The average molecular weight is 508 g/mol. The van der Waals surface area contributed by atoms with Crippen LogP contribution in [-0.4, -0.2) is 83.2 Å². The minimum Gasteiger partial charge on any atom is -0.382 e. The van der Waals surface area contributed by atoms with Crippen molar-refractivity contribution in [3.8, 4) is 0 Å². The zero-order valence-corrected chi connectivity index (χ0v) is 20.8. The van der Waals surface area contributed by atoms with E-state index in [1.165, 1.54) is 0 Å². The summed E-state index contributed by atoms with van der Waals surface area (Å²) in [6, 6.07) is 7.11. The highest BCUT2D eigenvalue weighted by Gasteiger charge is 2.30. The van der Waals surface area contributed by atoms with Crippen molar-refractivity contribution in [2.24, 2.45) is 11.7 Å². The number of nitrogen functional groups attached to an aromatic ring is 1. The molecular formula is C25H33N9O3. The first kappa shape index (κ1) is 24.9. The second kappa shape index (κ2) is 11.1. The molecule has 1 atom stereocenters. The van der Waals surface area contributed by atoms with Crippen molar-refractivity contribution in [1.82, 2.24) is 25.4 Å². The summed E-state index contributed by atoms with van der Waals surface area (Å²) in [5.74, 6) is 0.725. The quantitative estimate of drug-likeness (QED) is 0.319. The number of benzene rings is 1. The average Bonchev–Trinajstić information content (AvgIpc) is 2.88. The van der Waals surface area contributed by atoms with Crippen LogP contribution in [0, 0.1) is 11.3 Å². The molecule has 37 heavy (non-hydrogen) atoms. The number of hydrogen-bond acceptors (Lipinski definition) is 9. The number of nitrogens with zero attached hydrogens (tertiary/aromatic N) is 5. The van der Waals surface area contributed by atoms with E-state index < -0.39 is 0 Å². The number of carbonyl (C=O) groups excluding carboxylic acids is 2. The van der Waals surface area contributed by atoms with Gasteiger partial charge in [-0.25, -0.2) is 0 Å². The van der Waals surface area contributed by atoms with Gasteiger partial charge in [0.05, 0.1) is 13.2 Å². The lowest BCUT2D eigenvalue weighted by atomic mass is 9.84. The van der Waals surface area contributed by atoms with Gasteiger partial charge in [-0.15, -0.1) is 10.2 Å². The van der Waals surface area contributed by atoms with Crippen LogP contribution in [0.3, 0.4) is 0 Å². The largest absolute Gasteiger partial charge is 0.382 e. The van der Waals surface area contributed by atoms with Crippen LogP contribution in [0.15, 0.2) is 24.3 Å². The van der Waals surface area contributed by atoms with Gasteiger partial charge in [-0.1, -0.05) is 6.42 Å². The van der Waals surface area contributed by atoms with Gasteiger partial charge in [0, 0.05) is 49.4 Å². The van der Waals surface area contributed by atoms with Crippen LogP contribution in [0.4, 0.5) is 17.5 Å². The first-order chi connectivity index (χ1) is 18.0. The summed E-state index contributed by atoms with van der Waals surface area (Å²) in [4.78, 5) is 33.6. The van der Waals surface area contributed by atoms with Crippen molar-refractivity contribution in [2.45, 2.75) is 38.1 Å². The Kier molecular flexibility index (Phi) is 7.45. The van der Waals surface area contributed by atoms with Gasteiger partial charge >= 0.3 is 0 Å². The number of carbonyl (C=O) groups is 2. The van der Waals surface area contributed by atoms with Crippen molar-refractivity contribution in [3.05, 3.63) is 35.5 Å². The monoisotopic (exact) mass is 507 g/mol. The normalized spacial score (nSPS) is 20.2. The van der Waals surface area contributed by atoms with Crippen molar-refractivity contribution in [2.75, 3.05) is 49.6 Å². The highest BCUT2D eigenvalue weighted by molar-refractivity contribution is 5.98. The van der Waals surface area contributed by atoms with E-state index in [0.717, 1.165) is 38.6 Å². The second-order valence-electron chi connectivity index (χ2n) is 9.75. The molecular weight excluding hydrogens is 474 g/mol. The third kappa shape index (κ3) is 5.79. The molecule has 2 aliphatic heterocycles. The molecule has 3 fully saturated rings. The molecule has 0 spiro atoms. The predicted octanol–water partition coefficient (Wildman–Crippen LogP) is 1.26. The molecule has 12 heteroatoms. The molecule has 0 bridgehead atoms. The molecule has 3 aliphatic rings. The van der Waals surface area contributed by atoms with Crippen LogP contribution < -0.4 is 21.3 Å². The van der Waals surface area contributed by atoms with Gasteiger partial charge in [0.15, 0.2) is 11.5 Å². The lowest BCUT2D eigenvalue weighted by Gasteiger charge is -2.34. The maximum Gasteiger partial charge on any atom is 0.254 e. The molecule has 1 aromatic heterocycles. The van der Waals surface area contributed by atoms with Gasteiger partial charge in [-0.2, -0.15) is 4.98 Å². The topological polar surface area (TPSA) is 162 Å². The fraction of sp³-hybridized carbons (Fsp3) is 0.520. The lowest BCUT2D eigenvalue weighted by Crippen LogP contribution is -2.50. The summed E-state index contributed by atoms with van der Waals surface area (Å²) >= 11 is 0. The zero-order chi connectivity index (χ0) is 25.8. The van der Waals surface area contributed by atoms with E-state index in [0.29, 0.717) is 55.9 Å². The van der Waals surface area contributed by atoms with Crippen molar-refractivity contribution in [1.29, 1.82) is 5.41 Å². The number of morpholine rings is 1. The third-order valence-electron chi connectivity index (χ3n) is 7.15. The minimum absolute atomic E-state index is 0.0330. The fourth-order valence-corrected chi connectivity index (χ4v) is 4.77. The van der Waals surface area contributed by atoms with Gasteiger partial charge in [0.1, 0.15) is 5.84 Å². The molecule has 3 heterocycles. The van der Waals surface area contributed by atoms with E-state index in [9.17, 15) is 9.59 Å². The number of nitrogens with one attached hydrogen (secondary N) is 3. The SMILES string of the molecule is N=C(N)c1nnc(N2CCC[C@@H](NC(=O)C3CCC3)C2)nc1Nc1ccc(C(=O)N2CCOCC2)cc1. The van der Waals surface area contributed by atoms with Crippen molar-refractivity contribution in [3.63, 3.8) is 0 Å². The Hall–Kier alpha value is -3.80. The van der Waals surface area contributed by atoms with E-state index >= 15 is 0 Å². The summed E-state index contributed by atoms with van der Waals surface area (Å²) in [6.07, 6.45) is 4.88. The number of anilines is 3. The van der Waals surface area contributed by atoms with E-state index in [4.69, 9.17) is 15.9 Å². The van der Waals surface area contributed by atoms with E-state index in [1.54, 1.807) is 29.2 Å². The number of piperidine rings is 1. The third-order valence-corrected chi connectivity index (χ3v) is 7.15. The summed E-state index contributed by atoms with van der Waals surface area (Å²) in [5.41, 5.74) is 7.15.